The number of nitrogen functional groups attached to an aromatic ring is 1. The van der Waals surface area contributed by atoms with Crippen molar-refractivity contribution in [2.24, 2.45) is 0 Å². The third kappa shape index (κ3) is 6.04. The van der Waals surface area contributed by atoms with Crippen molar-refractivity contribution in [2.75, 3.05) is 61.8 Å². The lowest BCUT2D eigenvalue weighted by Gasteiger charge is -2.35. The van der Waals surface area contributed by atoms with E-state index in [1.165, 1.54) is 0 Å². The van der Waals surface area contributed by atoms with Gasteiger partial charge in [-0.3, -0.25) is 4.90 Å². The Balaban J connectivity index is 1.80. The molecule has 1 aliphatic heterocycles. The normalized spacial score (nSPS) is 16.1. The van der Waals surface area contributed by atoms with E-state index in [0.717, 1.165) is 51.5 Å². The maximum atomic E-state index is 8.68. The molecule has 0 unspecified atom stereocenters. The van der Waals surface area contributed by atoms with E-state index in [-0.39, 0.29) is 0 Å². The first kappa shape index (κ1) is 18.1. The lowest BCUT2D eigenvalue weighted by Crippen LogP contribution is -2.47. The zero-order valence-corrected chi connectivity index (χ0v) is 14.2. The van der Waals surface area contributed by atoms with Gasteiger partial charge in [-0.2, -0.15) is 9.97 Å². The molecular weight excluding hydrogens is 319 g/mol. The molecule has 5 N–H and O–H groups in total. The average molecular weight is 344 g/mol. The number of anilines is 3. The molecule has 130 valence electrons. The molecule has 9 nitrogen and oxygen atoms in total. The average Bonchev–Trinajstić information content (AvgIpc) is 2.52. The van der Waals surface area contributed by atoms with Crippen LogP contribution in [0.3, 0.4) is 0 Å². The molecule has 1 saturated heterocycles. The van der Waals surface area contributed by atoms with Gasteiger partial charge in [0.25, 0.3) is 0 Å². The molecule has 23 heavy (non-hydrogen) atoms. The molecule has 0 spiro atoms. The highest BCUT2D eigenvalue weighted by Crippen LogP contribution is 2.24. The van der Waals surface area contributed by atoms with Crippen molar-refractivity contribution in [1.82, 2.24) is 14.9 Å². The van der Waals surface area contributed by atoms with Crippen LogP contribution in [0.2, 0.25) is 0 Å². The lowest BCUT2D eigenvalue weighted by atomic mass is 10.3. The van der Waals surface area contributed by atoms with Gasteiger partial charge < -0.3 is 30.3 Å². The molecule has 2 heterocycles. The molecule has 1 aromatic rings. The lowest BCUT2D eigenvalue weighted by molar-refractivity contribution is 0.209. The first-order chi connectivity index (χ1) is 11.1. The quantitative estimate of drug-likeness (QED) is 0.388. The van der Waals surface area contributed by atoms with Crippen molar-refractivity contribution in [2.45, 2.75) is 13.3 Å². The van der Waals surface area contributed by atoms with E-state index < -0.39 is 8.60 Å². The fourth-order valence-electron chi connectivity index (χ4n) is 2.49. The third-order valence-corrected chi connectivity index (χ3v) is 4.00. The number of hydrogen-bond acceptors (Lipinski definition) is 9. The number of nitrogens with one attached hydrogen (secondary N) is 1. The maximum absolute atomic E-state index is 8.68. The minimum Gasteiger partial charge on any atom is -0.383 e. The first-order valence-electron chi connectivity index (χ1n) is 7.75. The Kier molecular flexibility index (Phi) is 7.19. The summed E-state index contributed by atoms with van der Waals surface area (Å²) in [6, 6.07) is 1.80. The first-order valence-corrected chi connectivity index (χ1v) is 8.91. The van der Waals surface area contributed by atoms with Crippen molar-refractivity contribution >= 4 is 26.2 Å². The van der Waals surface area contributed by atoms with E-state index >= 15 is 0 Å². The summed E-state index contributed by atoms with van der Waals surface area (Å²) in [5.41, 5.74) is 5.85. The smallest absolute Gasteiger partial charge is 0.327 e. The molecule has 10 heteroatoms. The molecule has 0 saturated carbocycles. The van der Waals surface area contributed by atoms with Crippen LogP contribution in [0.1, 0.15) is 13.3 Å². The zero-order chi connectivity index (χ0) is 16.7. The number of nitrogens with zero attached hydrogens (tertiary/aromatic N) is 4. The highest BCUT2D eigenvalue weighted by molar-refractivity contribution is 7.39. The van der Waals surface area contributed by atoms with Gasteiger partial charge >= 0.3 is 8.60 Å². The highest BCUT2D eigenvalue weighted by Gasteiger charge is 2.18. The van der Waals surface area contributed by atoms with Crippen LogP contribution in [0.25, 0.3) is 0 Å². The largest absolute Gasteiger partial charge is 0.383 e. The van der Waals surface area contributed by atoms with Crippen molar-refractivity contribution in [1.29, 1.82) is 0 Å². The summed E-state index contributed by atoms with van der Waals surface area (Å²) in [4.78, 5) is 30.6. The van der Waals surface area contributed by atoms with Gasteiger partial charge in [0.15, 0.2) is 0 Å². The predicted molar refractivity (Wildman–Crippen MR) is 91.2 cm³/mol. The standard InChI is InChI=1S/C13H25N6O3P/c1-2-15-13-16-11(14)10-12(17-13)19-7-5-18(6-8-19)4-3-9-22-23(20)21/h10,20-21H,2-9H2,1H3,(H3,14,15,16,17). The van der Waals surface area contributed by atoms with Gasteiger partial charge in [-0.1, -0.05) is 0 Å². The Morgan fingerprint density at radius 1 is 1.30 bits per heavy atom. The van der Waals surface area contributed by atoms with Crippen LogP contribution in [0.5, 0.6) is 0 Å². The maximum Gasteiger partial charge on any atom is 0.327 e. The van der Waals surface area contributed by atoms with Gasteiger partial charge in [-0.25, -0.2) is 0 Å². The van der Waals surface area contributed by atoms with E-state index in [1.54, 1.807) is 6.07 Å². The van der Waals surface area contributed by atoms with Crippen molar-refractivity contribution < 1.29 is 14.3 Å². The Morgan fingerprint density at radius 2 is 2.04 bits per heavy atom. The van der Waals surface area contributed by atoms with Crippen LogP contribution >= 0.6 is 8.60 Å². The molecule has 0 atom stereocenters. The van der Waals surface area contributed by atoms with Gasteiger partial charge in [0.1, 0.15) is 11.6 Å². The number of aromatic nitrogens is 2. The molecule has 0 bridgehead atoms. The second-order valence-electron chi connectivity index (χ2n) is 5.27. The second-order valence-corrected chi connectivity index (χ2v) is 6.04. The molecule has 1 aliphatic rings. The summed E-state index contributed by atoms with van der Waals surface area (Å²) in [5.74, 6) is 1.88. The van der Waals surface area contributed by atoms with Gasteiger partial charge in [-0.05, 0) is 13.3 Å². The van der Waals surface area contributed by atoms with Crippen molar-refractivity contribution in [3.05, 3.63) is 6.07 Å². The summed E-state index contributed by atoms with van der Waals surface area (Å²) in [6.07, 6.45) is 0.783. The minimum absolute atomic E-state index is 0.368. The third-order valence-electron chi connectivity index (χ3n) is 3.59. The highest BCUT2D eigenvalue weighted by atomic mass is 31.2. The SMILES string of the molecule is CCNc1nc(N)cc(N2CCN(CCCOP(O)O)CC2)n1. The minimum atomic E-state index is -2.24. The van der Waals surface area contributed by atoms with E-state index in [2.05, 4.69) is 25.1 Å². The Hall–Kier alpha value is -1.25. The Bertz CT molecular complexity index is 485. The van der Waals surface area contributed by atoms with Gasteiger partial charge in [0.05, 0.1) is 6.61 Å². The summed E-state index contributed by atoms with van der Waals surface area (Å²) < 4.78 is 4.77. The monoisotopic (exact) mass is 344 g/mol. The van der Waals surface area contributed by atoms with Crippen molar-refractivity contribution in [3.63, 3.8) is 0 Å². The summed E-state index contributed by atoms with van der Waals surface area (Å²) >= 11 is 0. The molecule has 1 aromatic heterocycles. The van der Waals surface area contributed by atoms with Crippen LogP contribution in [-0.2, 0) is 4.52 Å². The predicted octanol–water partition coefficient (Wildman–Crippen LogP) is 0.231. The van der Waals surface area contributed by atoms with Crippen LogP contribution in [0.4, 0.5) is 17.6 Å². The zero-order valence-electron chi connectivity index (χ0n) is 13.4. The molecule has 0 radical (unpaired) electrons. The van der Waals surface area contributed by atoms with Gasteiger partial charge in [-0.15, -0.1) is 0 Å². The van der Waals surface area contributed by atoms with E-state index in [4.69, 9.17) is 20.0 Å². The van der Waals surface area contributed by atoms with Gasteiger partial charge in [0, 0.05) is 45.3 Å². The van der Waals surface area contributed by atoms with E-state index in [1.807, 2.05) is 6.92 Å². The molecular formula is C13H25N6O3P. The number of nitrogens with two attached hydrogens (primary N) is 1. The van der Waals surface area contributed by atoms with Crippen LogP contribution < -0.4 is 16.0 Å². The van der Waals surface area contributed by atoms with E-state index in [9.17, 15) is 0 Å². The number of hydrogen-bond donors (Lipinski definition) is 4. The Labute approximate surface area is 137 Å². The van der Waals surface area contributed by atoms with Crippen LogP contribution in [0, 0.1) is 0 Å². The summed E-state index contributed by atoms with van der Waals surface area (Å²) in [6.45, 7) is 7.58. The second kappa shape index (κ2) is 9.14. The molecule has 1 fully saturated rings. The van der Waals surface area contributed by atoms with Crippen LogP contribution in [-0.4, -0.2) is 70.5 Å². The Morgan fingerprint density at radius 3 is 2.70 bits per heavy atom. The summed E-state index contributed by atoms with van der Waals surface area (Å²) in [7, 11) is -2.24. The fourth-order valence-corrected chi connectivity index (χ4v) is 2.78. The van der Waals surface area contributed by atoms with Crippen molar-refractivity contribution in [3.8, 4) is 0 Å². The molecule has 0 aromatic carbocycles. The molecule has 2 rings (SSSR count). The molecule has 0 amide bonds. The van der Waals surface area contributed by atoms with E-state index in [0.29, 0.717) is 18.4 Å². The van der Waals surface area contributed by atoms with Crippen LogP contribution in [0.15, 0.2) is 6.07 Å². The topological polar surface area (TPSA) is 120 Å². The fraction of sp³-hybridized carbons (Fsp3) is 0.692. The summed E-state index contributed by atoms with van der Waals surface area (Å²) in [5, 5.41) is 3.09. The number of rotatable bonds is 8. The molecule has 0 aliphatic carbocycles. The number of piperazine rings is 1. The van der Waals surface area contributed by atoms with Gasteiger partial charge in [0.2, 0.25) is 5.95 Å².